The van der Waals surface area contributed by atoms with Crippen molar-refractivity contribution in [1.29, 1.82) is 0 Å². The maximum absolute atomic E-state index is 12.7. The van der Waals surface area contributed by atoms with Gasteiger partial charge in [0.15, 0.2) is 0 Å². The molecule has 1 aromatic rings. The van der Waals surface area contributed by atoms with E-state index in [4.69, 9.17) is 4.74 Å². The van der Waals surface area contributed by atoms with Crippen molar-refractivity contribution in [2.45, 2.75) is 30.6 Å². The Balaban J connectivity index is 1.60. The summed E-state index contributed by atoms with van der Waals surface area (Å²) in [5.74, 6) is -0.707. The van der Waals surface area contributed by atoms with E-state index < -0.39 is 15.9 Å². The van der Waals surface area contributed by atoms with E-state index in [2.05, 4.69) is 5.32 Å². The van der Waals surface area contributed by atoms with Gasteiger partial charge in [0, 0.05) is 45.4 Å². The smallest absolute Gasteiger partial charge is 0.243 e. The molecule has 2 heterocycles. The van der Waals surface area contributed by atoms with Crippen LogP contribution in [0.3, 0.4) is 0 Å². The first-order chi connectivity index (χ1) is 13.4. The van der Waals surface area contributed by atoms with Gasteiger partial charge >= 0.3 is 0 Å². The molecule has 2 aliphatic rings. The van der Waals surface area contributed by atoms with Crippen LogP contribution in [-0.2, 0) is 24.3 Å². The number of carbonyl (C=O) groups is 2. The second kappa shape index (κ2) is 9.02. The zero-order valence-electron chi connectivity index (χ0n) is 16.1. The van der Waals surface area contributed by atoms with Crippen molar-refractivity contribution in [1.82, 2.24) is 9.21 Å². The van der Waals surface area contributed by atoms with Crippen molar-refractivity contribution in [2.24, 2.45) is 5.92 Å². The van der Waals surface area contributed by atoms with Gasteiger partial charge in [-0.3, -0.25) is 9.59 Å². The number of benzene rings is 1. The molecule has 0 spiro atoms. The highest BCUT2D eigenvalue weighted by molar-refractivity contribution is 7.89. The molecule has 2 fully saturated rings. The van der Waals surface area contributed by atoms with E-state index in [9.17, 15) is 18.0 Å². The van der Waals surface area contributed by atoms with E-state index in [-0.39, 0.29) is 23.1 Å². The summed E-state index contributed by atoms with van der Waals surface area (Å²) >= 11 is 0. The Morgan fingerprint density at radius 3 is 2.50 bits per heavy atom. The Bertz CT molecular complexity index is 803. The summed E-state index contributed by atoms with van der Waals surface area (Å²) in [4.78, 5) is 26.3. The number of rotatable bonds is 7. The van der Waals surface area contributed by atoms with E-state index in [0.717, 1.165) is 19.3 Å². The molecule has 0 saturated carbocycles. The maximum Gasteiger partial charge on any atom is 0.243 e. The number of hydrogen-bond acceptors (Lipinski definition) is 5. The fraction of sp³-hybridized carbons (Fsp3) is 0.579. The van der Waals surface area contributed by atoms with Gasteiger partial charge in [-0.15, -0.1) is 0 Å². The van der Waals surface area contributed by atoms with Crippen molar-refractivity contribution < 1.29 is 22.7 Å². The van der Waals surface area contributed by atoms with E-state index in [1.165, 1.54) is 16.4 Å². The average Bonchev–Trinajstić information content (AvgIpc) is 3.08. The van der Waals surface area contributed by atoms with Gasteiger partial charge in [-0.1, -0.05) is 6.42 Å². The lowest BCUT2D eigenvalue weighted by atomic mass is 10.1. The highest BCUT2D eigenvalue weighted by Gasteiger charge is 2.34. The molecule has 3 rings (SSSR count). The summed E-state index contributed by atoms with van der Waals surface area (Å²) in [6, 6.07) is 6.22. The molecule has 0 aliphatic carbocycles. The molecule has 2 saturated heterocycles. The van der Waals surface area contributed by atoms with E-state index >= 15 is 0 Å². The van der Waals surface area contributed by atoms with Gasteiger partial charge in [-0.05, 0) is 37.1 Å². The molecule has 0 aromatic heterocycles. The molecule has 8 nitrogen and oxygen atoms in total. The highest BCUT2D eigenvalue weighted by Crippen LogP contribution is 2.23. The summed E-state index contributed by atoms with van der Waals surface area (Å²) in [5, 5.41) is 2.78. The molecule has 1 aromatic carbocycles. The number of anilines is 1. The van der Waals surface area contributed by atoms with Crippen LogP contribution >= 0.6 is 0 Å². The summed E-state index contributed by atoms with van der Waals surface area (Å²) in [7, 11) is -1.92. The Labute approximate surface area is 165 Å². The molecule has 1 atom stereocenters. The van der Waals surface area contributed by atoms with Gasteiger partial charge in [0.05, 0.1) is 17.4 Å². The zero-order chi connectivity index (χ0) is 20.1. The van der Waals surface area contributed by atoms with Gasteiger partial charge < -0.3 is 15.0 Å². The number of sulfonamides is 1. The van der Waals surface area contributed by atoms with Gasteiger partial charge in [0.25, 0.3) is 0 Å². The van der Waals surface area contributed by atoms with Gasteiger partial charge in [-0.2, -0.15) is 4.31 Å². The van der Waals surface area contributed by atoms with E-state index in [0.29, 0.717) is 38.5 Å². The molecule has 154 valence electrons. The first-order valence-electron chi connectivity index (χ1n) is 9.59. The van der Waals surface area contributed by atoms with Gasteiger partial charge in [-0.25, -0.2) is 8.42 Å². The number of methoxy groups -OCH3 is 1. The summed E-state index contributed by atoms with van der Waals surface area (Å²) in [6.07, 6.45) is 3.00. The third kappa shape index (κ3) is 4.71. The summed E-state index contributed by atoms with van der Waals surface area (Å²) < 4.78 is 31.8. The molecule has 2 aliphatic heterocycles. The second-order valence-electron chi connectivity index (χ2n) is 7.21. The van der Waals surface area contributed by atoms with Crippen LogP contribution < -0.4 is 5.32 Å². The van der Waals surface area contributed by atoms with Crippen LogP contribution in [0.2, 0.25) is 0 Å². The van der Waals surface area contributed by atoms with Gasteiger partial charge in [0.1, 0.15) is 0 Å². The maximum atomic E-state index is 12.7. The van der Waals surface area contributed by atoms with Crippen molar-refractivity contribution in [3.05, 3.63) is 24.3 Å². The Morgan fingerprint density at radius 1 is 1.18 bits per heavy atom. The normalized spacial score (nSPS) is 21.1. The topological polar surface area (TPSA) is 96.0 Å². The van der Waals surface area contributed by atoms with Crippen LogP contribution in [0, 0.1) is 5.92 Å². The number of hydrogen-bond donors (Lipinski definition) is 1. The molecule has 0 radical (unpaired) electrons. The lowest BCUT2D eigenvalue weighted by molar-refractivity contribution is -0.128. The summed E-state index contributed by atoms with van der Waals surface area (Å²) in [6.45, 7) is 2.39. The van der Waals surface area contributed by atoms with E-state index in [1.807, 2.05) is 0 Å². The number of ether oxygens (including phenoxy) is 1. The van der Waals surface area contributed by atoms with Crippen LogP contribution in [0.15, 0.2) is 29.2 Å². The predicted octanol–water partition coefficient (Wildman–Crippen LogP) is 1.29. The second-order valence-corrected chi connectivity index (χ2v) is 9.15. The first-order valence-corrected chi connectivity index (χ1v) is 11.0. The number of carbonyl (C=O) groups excluding carboxylic acids is 2. The molecule has 9 heteroatoms. The fourth-order valence-electron chi connectivity index (χ4n) is 3.57. The number of piperidine rings is 1. The van der Waals surface area contributed by atoms with Crippen LogP contribution in [0.4, 0.5) is 5.69 Å². The Kier molecular flexibility index (Phi) is 6.69. The Hall–Kier alpha value is -1.97. The lowest BCUT2D eigenvalue weighted by Gasteiger charge is -2.25. The fourth-order valence-corrected chi connectivity index (χ4v) is 5.09. The van der Waals surface area contributed by atoms with Gasteiger partial charge in [0.2, 0.25) is 21.8 Å². The quantitative estimate of drug-likeness (QED) is 0.732. The Morgan fingerprint density at radius 2 is 1.86 bits per heavy atom. The van der Waals surface area contributed by atoms with Crippen molar-refractivity contribution in [3.8, 4) is 0 Å². The molecule has 1 unspecified atom stereocenters. The standard InChI is InChI=1S/C19H27N3O5S/c1-27-12-11-21-14-15(13-18(21)23)19(24)20-16-5-7-17(8-6-16)28(25,26)22-9-3-2-4-10-22/h5-8,15H,2-4,9-14H2,1H3,(H,20,24). The summed E-state index contributed by atoms with van der Waals surface area (Å²) in [5.41, 5.74) is 0.519. The monoisotopic (exact) mass is 409 g/mol. The molecule has 2 amide bonds. The number of nitrogens with one attached hydrogen (secondary N) is 1. The van der Waals surface area contributed by atoms with Crippen molar-refractivity contribution in [3.63, 3.8) is 0 Å². The van der Waals surface area contributed by atoms with E-state index in [1.54, 1.807) is 24.1 Å². The molecule has 0 bridgehead atoms. The minimum atomic E-state index is -3.49. The first kappa shape index (κ1) is 20.8. The number of nitrogens with zero attached hydrogens (tertiary/aromatic N) is 2. The largest absolute Gasteiger partial charge is 0.383 e. The van der Waals surface area contributed by atoms with Crippen LogP contribution in [0.5, 0.6) is 0 Å². The average molecular weight is 410 g/mol. The molecular formula is C19H27N3O5S. The zero-order valence-corrected chi connectivity index (χ0v) is 16.9. The highest BCUT2D eigenvalue weighted by atomic mass is 32.2. The number of likely N-dealkylation sites (tertiary alicyclic amines) is 1. The predicted molar refractivity (Wildman–Crippen MR) is 104 cm³/mol. The van der Waals surface area contributed by atoms with Crippen molar-refractivity contribution >= 4 is 27.5 Å². The lowest BCUT2D eigenvalue weighted by Crippen LogP contribution is -2.35. The minimum Gasteiger partial charge on any atom is -0.383 e. The molecular weight excluding hydrogens is 382 g/mol. The third-order valence-corrected chi connectivity index (χ3v) is 7.14. The number of amides is 2. The van der Waals surface area contributed by atoms with Crippen LogP contribution in [0.25, 0.3) is 0 Å². The minimum absolute atomic E-state index is 0.0554. The SMILES string of the molecule is COCCN1CC(C(=O)Nc2ccc(S(=O)(=O)N3CCCCC3)cc2)CC1=O. The molecule has 1 N–H and O–H groups in total. The van der Waals surface area contributed by atoms with Crippen LogP contribution in [0.1, 0.15) is 25.7 Å². The van der Waals surface area contributed by atoms with Crippen LogP contribution in [-0.4, -0.2) is 69.3 Å². The molecule has 28 heavy (non-hydrogen) atoms. The third-order valence-electron chi connectivity index (χ3n) is 5.23. The van der Waals surface area contributed by atoms with Crippen molar-refractivity contribution in [2.75, 3.05) is 45.2 Å².